The SMILES string of the molecule is CC[C@H]1OC(=O)[C@H](C)[C@@H](O/C=C\Cc2cccnc2)[C@H](C)[C@@H](O[C@H]2O[C@@H](C)C[C@@H](N(C)C)[C@H]2O)[C@](C)(OC)C[C@@H](C)/C(=N\OCc2ccccc2Cl)[C@H](C)[C@@H]2OC(=O)O[C@]12C. The van der Waals surface area contributed by atoms with Crippen molar-refractivity contribution >= 4 is 29.4 Å². The summed E-state index contributed by atoms with van der Waals surface area (Å²) in [6.07, 6.45) is 1.95. The number of methoxy groups -OCH3 is 1. The Morgan fingerprint density at radius 3 is 2.44 bits per heavy atom. The van der Waals surface area contributed by atoms with Crippen LogP contribution in [0.1, 0.15) is 85.8 Å². The highest BCUT2D eigenvalue weighted by molar-refractivity contribution is 6.31. The number of esters is 1. The van der Waals surface area contributed by atoms with Gasteiger partial charge in [0, 0.05) is 53.9 Å². The van der Waals surface area contributed by atoms with Gasteiger partial charge in [0.2, 0.25) is 0 Å². The maximum absolute atomic E-state index is 14.5. The highest BCUT2D eigenvalue weighted by atomic mass is 35.5. The van der Waals surface area contributed by atoms with Gasteiger partial charge in [-0.05, 0) is 91.2 Å². The number of nitrogens with zero attached hydrogens (tertiary/aromatic N) is 3. The van der Waals surface area contributed by atoms with Crippen molar-refractivity contribution in [2.75, 3.05) is 21.2 Å². The molecule has 0 bridgehead atoms. The van der Waals surface area contributed by atoms with Crippen LogP contribution < -0.4 is 0 Å². The van der Waals surface area contributed by atoms with Crippen LogP contribution in [0, 0.1) is 23.7 Å². The van der Waals surface area contributed by atoms with Crippen molar-refractivity contribution < 1.29 is 52.7 Å². The van der Waals surface area contributed by atoms with Gasteiger partial charge in [0.05, 0.1) is 35.7 Å². The first-order valence-electron chi connectivity index (χ1n) is 21.4. The molecule has 0 amide bonds. The lowest BCUT2D eigenvalue weighted by Gasteiger charge is -2.48. The minimum Gasteiger partial charge on any atom is -0.497 e. The molecule has 3 aliphatic heterocycles. The summed E-state index contributed by atoms with van der Waals surface area (Å²) in [5, 5.41) is 17.0. The number of likely N-dealkylation sites (N-methyl/N-ethyl adjacent to an activating group) is 1. The van der Waals surface area contributed by atoms with Crippen LogP contribution in [0.5, 0.6) is 0 Å². The molecule has 3 fully saturated rings. The zero-order valence-corrected chi connectivity index (χ0v) is 38.2. The summed E-state index contributed by atoms with van der Waals surface area (Å²) in [4.78, 5) is 39.8. The van der Waals surface area contributed by atoms with E-state index in [-0.39, 0.29) is 18.8 Å². The first-order chi connectivity index (χ1) is 28.9. The van der Waals surface area contributed by atoms with Gasteiger partial charge >= 0.3 is 12.1 Å². The first kappa shape index (κ1) is 48.2. The third kappa shape index (κ3) is 11.2. The summed E-state index contributed by atoms with van der Waals surface area (Å²) in [5.41, 5.74) is -0.281. The zero-order chi connectivity index (χ0) is 44.6. The van der Waals surface area contributed by atoms with Gasteiger partial charge in [0.15, 0.2) is 18.0 Å². The number of oxime groups is 1. The maximum Gasteiger partial charge on any atom is 0.509 e. The summed E-state index contributed by atoms with van der Waals surface area (Å²) in [7, 11) is 5.44. The molecule has 15 heteroatoms. The minimum atomic E-state index is -1.40. The lowest BCUT2D eigenvalue weighted by Crippen LogP contribution is -2.60. The fraction of sp³-hybridized carbons (Fsp3) is 0.652. The standard InChI is InChI=1S/C46H66ClN3O11/c1-12-36-46(8)41(60-44(53)61-46)29(4)37(49-56-26-33-19-13-14-20-34(33)47)27(2)24-45(7,54-11)40(59-43-38(51)35(50(9)10)23-28(3)57-43)30(5)39(31(6)42(52)58-36)55-22-16-18-32-17-15-21-48-25-32/h13-17,19-22,25,27-31,35-36,38-41,43,51H,12,18,23-24,26H2,1-11H3/b22-16-,49-37+/t27-,28+,29+,30+,31-,35-,36-,38-,39+,40-,41+,43-,45-,46-/m1/s1. The van der Waals surface area contributed by atoms with E-state index in [9.17, 15) is 14.7 Å². The Balaban J connectivity index is 1.63. The second-order valence-electron chi connectivity index (χ2n) is 17.5. The number of hydrogen-bond acceptors (Lipinski definition) is 14. The Bertz CT molecular complexity index is 1820. The van der Waals surface area contributed by atoms with Crippen molar-refractivity contribution in [3.63, 3.8) is 0 Å². The van der Waals surface area contributed by atoms with Crippen LogP contribution in [0.25, 0.3) is 0 Å². The maximum atomic E-state index is 14.5. The molecule has 0 radical (unpaired) electrons. The zero-order valence-electron chi connectivity index (χ0n) is 37.5. The van der Waals surface area contributed by atoms with Crippen LogP contribution in [0.2, 0.25) is 5.02 Å². The van der Waals surface area contributed by atoms with E-state index in [0.29, 0.717) is 36.4 Å². The number of cyclic esters (lactones) is 1. The van der Waals surface area contributed by atoms with Crippen molar-refractivity contribution in [3.05, 3.63) is 77.3 Å². The van der Waals surface area contributed by atoms with Crippen molar-refractivity contribution in [1.82, 2.24) is 9.88 Å². The van der Waals surface area contributed by atoms with E-state index in [0.717, 1.165) is 11.1 Å². The molecule has 14 atom stereocenters. The monoisotopic (exact) mass is 871 g/mol. The van der Waals surface area contributed by atoms with E-state index < -0.39 is 83.8 Å². The summed E-state index contributed by atoms with van der Waals surface area (Å²) < 4.78 is 44.6. The molecule has 0 spiro atoms. The number of fused-ring (bicyclic) bond motifs is 1. The fourth-order valence-electron chi connectivity index (χ4n) is 9.26. The average Bonchev–Trinajstić information content (AvgIpc) is 3.55. The third-order valence-corrected chi connectivity index (χ3v) is 13.1. The molecule has 61 heavy (non-hydrogen) atoms. The third-order valence-electron chi connectivity index (χ3n) is 12.7. The number of hydrogen-bond donors (Lipinski definition) is 1. The van der Waals surface area contributed by atoms with Gasteiger partial charge in [0.1, 0.15) is 24.9 Å². The van der Waals surface area contributed by atoms with E-state index in [1.54, 1.807) is 45.7 Å². The fourth-order valence-corrected chi connectivity index (χ4v) is 9.45. The molecule has 0 unspecified atom stereocenters. The van der Waals surface area contributed by atoms with Gasteiger partial charge in [-0.15, -0.1) is 0 Å². The van der Waals surface area contributed by atoms with E-state index >= 15 is 0 Å². The molecule has 1 aromatic carbocycles. The number of pyridine rings is 1. The summed E-state index contributed by atoms with van der Waals surface area (Å²) in [6, 6.07) is 10.9. The van der Waals surface area contributed by atoms with Gasteiger partial charge in [-0.3, -0.25) is 9.78 Å². The predicted octanol–water partition coefficient (Wildman–Crippen LogP) is 7.53. The number of ether oxygens (including phenoxy) is 7. The summed E-state index contributed by atoms with van der Waals surface area (Å²) in [5.74, 6) is -3.05. The quantitative estimate of drug-likeness (QED) is 0.127. The molecule has 3 saturated heterocycles. The molecule has 338 valence electrons. The molecule has 0 saturated carbocycles. The van der Waals surface area contributed by atoms with Crippen LogP contribution in [-0.2, 0) is 55.8 Å². The Kier molecular flexibility index (Phi) is 16.7. The number of rotatable bonds is 12. The van der Waals surface area contributed by atoms with Crippen LogP contribution in [0.4, 0.5) is 4.79 Å². The number of benzene rings is 1. The smallest absolute Gasteiger partial charge is 0.497 e. The highest BCUT2D eigenvalue weighted by Gasteiger charge is 2.59. The van der Waals surface area contributed by atoms with Crippen LogP contribution in [0.15, 0.2) is 66.3 Å². The minimum absolute atomic E-state index is 0.0771. The Hall–Kier alpha value is -3.79. The number of aromatic nitrogens is 1. The van der Waals surface area contributed by atoms with Gasteiger partial charge in [-0.1, -0.05) is 68.7 Å². The molecule has 0 aliphatic carbocycles. The normalized spacial score (nSPS) is 37.1. The molecule has 14 nitrogen and oxygen atoms in total. The largest absolute Gasteiger partial charge is 0.509 e. The Labute approximate surface area is 366 Å². The average molecular weight is 872 g/mol. The van der Waals surface area contributed by atoms with Crippen LogP contribution in [-0.4, -0.2) is 114 Å². The van der Waals surface area contributed by atoms with Gasteiger partial charge < -0.3 is 48.0 Å². The van der Waals surface area contributed by atoms with Crippen molar-refractivity contribution in [2.24, 2.45) is 28.8 Å². The molecule has 4 heterocycles. The van der Waals surface area contributed by atoms with Crippen LogP contribution in [0.3, 0.4) is 0 Å². The lowest BCUT2D eigenvalue weighted by molar-refractivity contribution is -0.301. The molecule has 2 aromatic rings. The van der Waals surface area contributed by atoms with Gasteiger partial charge in [-0.2, -0.15) is 0 Å². The van der Waals surface area contributed by atoms with Gasteiger partial charge in [-0.25, -0.2) is 4.79 Å². The number of aliphatic hydroxyl groups is 1. The lowest BCUT2D eigenvalue weighted by atomic mass is 9.73. The Morgan fingerprint density at radius 1 is 1.05 bits per heavy atom. The topological polar surface area (TPSA) is 157 Å². The molecule has 1 aromatic heterocycles. The number of halogens is 1. The molecule has 5 rings (SSSR count). The van der Waals surface area contributed by atoms with E-state index in [4.69, 9.17) is 54.8 Å². The molecule has 1 N–H and O–H groups in total. The second kappa shape index (κ2) is 21.1. The van der Waals surface area contributed by atoms with E-state index in [1.165, 1.54) is 0 Å². The predicted molar refractivity (Wildman–Crippen MR) is 230 cm³/mol. The number of carbonyl (C=O) groups is 2. The molecular weight excluding hydrogens is 806 g/mol. The molecular formula is C46H66ClN3O11. The number of aliphatic hydroxyl groups excluding tert-OH is 1. The Morgan fingerprint density at radius 2 is 1.79 bits per heavy atom. The van der Waals surface area contributed by atoms with Gasteiger partial charge in [0.25, 0.3) is 0 Å². The van der Waals surface area contributed by atoms with Crippen LogP contribution >= 0.6 is 11.6 Å². The van der Waals surface area contributed by atoms with Crippen molar-refractivity contribution in [3.8, 4) is 0 Å². The van der Waals surface area contributed by atoms with Crippen molar-refractivity contribution in [2.45, 2.75) is 148 Å². The summed E-state index contributed by atoms with van der Waals surface area (Å²) in [6.45, 7) is 15.1. The van der Waals surface area contributed by atoms with E-state index in [1.807, 2.05) is 96.9 Å². The number of allylic oxidation sites excluding steroid dienone is 1. The first-order valence-corrected chi connectivity index (χ1v) is 21.7. The van der Waals surface area contributed by atoms with Crippen molar-refractivity contribution in [1.29, 1.82) is 0 Å². The number of carbonyl (C=O) groups excluding carboxylic acids is 2. The second-order valence-corrected chi connectivity index (χ2v) is 17.9. The summed E-state index contributed by atoms with van der Waals surface area (Å²) >= 11 is 6.48. The highest BCUT2D eigenvalue weighted by Crippen LogP contribution is 2.43. The van der Waals surface area contributed by atoms with E-state index in [2.05, 4.69) is 4.98 Å². The molecule has 3 aliphatic rings.